The first-order valence-electron chi connectivity index (χ1n) is 10.4. The van der Waals surface area contributed by atoms with Crippen LogP contribution in [0.3, 0.4) is 0 Å². The van der Waals surface area contributed by atoms with E-state index in [2.05, 4.69) is 0 Å². The van der Waals surface area contributed by atoms with Crippen molar-refractivity contribution in [1.82, 2.24) is 9.47 Å². The van der Waals surface area contributed by atoms with Crippen LogP contribution in [0, 0.1) is 5.82 Å². The van der Waals surface area contributed by atoms with E-state index in [1.807, 2.05) is 12.1 Å². The van der Waals surface area contributed by atoms with Gasteiger partial charge in [-0.25, -0.2) is 4.39 Å². The standard InChI is InChI=1S/C25H23FN2O5/c1-32-20-13-17-10-12-27(15-18(17)14-21(20)33-2)25(31)23(28-11-4-3-5-22(28)29)24(30)16-6-8-19(26)9-7-16/h3-9,11,13-14,23H,10,12,15H2,1-2H3. The van der Waals surface area contributed by atoms with Gasteiger partial charge in [-0.3, -0.25) is 19.0 Å². The molecule has 0 fully saturated rings. The molecule has 1 aliphatic rings. The van der Waals surface area contributed by atoms with E-state index in [0.717, 1.165) is 27.8 Å². The fraction of sp³-hybridized carbons (Fsp3) is 0.240. The Bertz CT molecular complexity index is 1250. The van der Waals surface area contributed by atoms with Crippen molar-refractivity contribution < 1.29 is 23.5 Å². The van der Waals surface area contributed by atoms with Crippen molar-refractivity contribution in [3.05, 3.63) is 93.7 Å². The minimum Gasteiger partial charge on any atom is -0.493 e. The summed E-state index contributed by atoms with van der Waals surface area (Å²) in [5.41, 5.74) is 1.57. The summed E-state index contributed by atoms with van der Waals surface area (Å²) in [6.07, 6.45) is 1.97. The van der Waals surface area contributed by atoms with Crippen LogP contribution in [-0.4, -0.2) is 41.9 Å². The maximum absolute atomic E-state index is 13.6. The fourth-order valence-corrected chi connectivity index (χ4v) is 4.03. The van der Waals surface area contributed by atoms with Crippen LogP contribution in [0.2, 0.25) is 0 Å². The third-order valence-electron chi connectivity index (χ3n) is 5.77. The van der Waals surface area contributed by atoms with Crippen LogP contribution in [0.25, 0.3) is 0 Å². The van der Waals surface area contributed by atoms with Gasteiger partial charge in [0.2, 0.25) is 0 Å². The van der Waals surface area contributed by atoms with E-state index in [1.54, 1.807) is 24.1 Å². The first kappa shape index (κ1) is 22.3. The van der Waals surface area contributed by atoms with E-state index in [4.69, 9.17) is 9.47 Å². The molecule has 0 bridgehead atoms. The predicted molar refractivity (Wildman–Crippen MR) is 119 cm³/mol. The Labute approximate surface area is 190 Å². The molecule has 3 aromatic rings. The molecule has 1 atom stereocenters. The molecule has 1 aliphatic heterocycles. The summed E-state index contributed by atoms with van der Waals surface area (Å²) in [4.78, 5) is 41.1. The monoisotopic (exact) mass is 450 g/mol. The summed E-state index contributed by atoms with van der Waals surface area (Å²) in [6, 6.07) is 11.7. The van der Waals surface area contributed by atoms with Gasteiger partial charge in [0.15, 0.2) is 23.3 Å². The normalized spacial score (nSPS) is 13.7. The molecule has 170 valence electrons. The van der Waals surface area contributed by atoms with Crippen LogP contribution in [0.5, 0.6) is 11.5 Å². The topological polar surface area (TPSA) is 77.8 Å². The second kappa shape index (κ2) is 9.28. The lowest BCUT2D eigenvalue weighted by Gasteiger charge is -2.32. The Kier molecular flexibility index (Phi) is 6.26. The molecule has 4 rings (SSSR count). The van der Waals surface area contributed by atoms with Crippen molar-refractivity contribution in [2.75, 3.05) is 20.8 Å². The molecule has 1 amide bonds. The molecular formula is C25H23FN2O5. The van der Waals surface area contributed by atoms with Crippen LogP contribution < -0.4 is 15.0 Å². The van der Waals surface area contributed by atoms with Crippen molar-refractivity contribution in [1.29, 1.82) is 0 Å². The van der Waals surface area contributed by atoms with E-state index in [0.29, 0.717) is 24.5 Å². The zero-order valence-electron chi connectivity index (χ0n) is 18.3. The molecule has 2 aromatic carbocycles. The Hall–Kier alpha value is -3.94. The Morgan fingerprint density at radius 2 is 1.64 bits per heavy atom. The van der Waals surface area contributed by atoms with Crippen LogP contribution in [0.4, 0.5) is 4.39 Å². The lowest BCUT2D eigenvalue weighted by molar-refractivity contribution is -0.134. The summed E-state index contributed by atoms with van der Waals surface area (Å²) in [7, 11) is 3.10. The number of halogens is 1. The largest absolute Gasteiger partial charge is 0.493 e. The average molecular weight is 450 g/mol. The number of benzene rings is 2. The first-order chi connectivity index (χ1) is 15.9. The molecule has 7 nitrogen and oxygen atoms in total. The second-order valence-corrected chi connectivity index (χ2v) is 7.71. The van der Waals surface area contributed by atoms with Crippen molar-refractivity contribution in [3.63, 3.8) is 0 Å². The van der Waals surface area contributed by atoms with Gasteiger partial charge in [-0.15, -0.1) is 0 Å². The highest BCUT2D eigenvalue weighted by atomic mass is 19.1. The maximum atomic E-state index is 13.6. The molecule has 0 N–H and O–H groups in total. The van der Waals surface area contributed by atoms with E-state index >= 15 is 0 Å². The number of pyridine rings is 1. The van der Waals surface area contributed by atoms with Crippen LogP contribution in [0.1, 0.15) is 27.5 Å². The number of carbonyl (C=O) groups is 2. The third-order valence-corrected chi connectivity index (χ3v) is 5.77. The Morgan fingerprint density at radius 1 is 0.970 bits per heavy atom. The van der Waals surface area contributed by atoms with E-state index in [-0.39, 0.29) is 12.1 Å². The minimum atomic E-state index is -1.40. The van der Waals surface area contributed by atoms with Gasteiger partial charge in [-0.1, -0.05) is 6.07 Å². The molecule has 0 saturated heterocycles. The Balaban J connectivity index is 1.70. The smallest absolute Gasteiger partial charge is 0.254 e. The molecule has 0 radical (unpaired) electrons. The minimum absolute atomic E-state index is 0.148. The molecular weight excluding hydrogens is 427 g/mol. The summed E-state index contributed by atoms with van der Waals surface area (Å²) in [6.45, 7) is 0.624. The molecule has 0 saturated carbocycles. The number of carbonyl (C=O) groups excluding carboxylic acids is 2. The van der Waals surface area contributed by atoms with Gasteiger partial charge in [0.05, 0.1) is 14.2 Å². The van der Waals surface area contributed by atoms with Crippen molar-refractivity contribution in [2.24, 2.45) is 0 Å². The van der Waals surface area contributed by atoms with Crippen molar-refractivity contribution in [2.45, 2.75) is 19.0 Å². The van der Waals surface area contributed by atoms with Gasteiger partial charge in [0, 0.05) is 30.9 Å². The van der Waals surface area contributed by atoms with Crippen molar-refractivity contribution in [3.8, 4) is 11.5 Å². The summed E-state index contributed by atoms with van der Waals surface area (Å²) in [5.74, 6) is -0.423. The van der Waals surface area contributed by atoms with E-state index < -0.39 is 29.1 Å². The SMILES string of the molecule is COc1cc2c(cc1OC)CN(C(=O)C(C(=O)c1ccc(F)cc1)n1ccccc1=O)CC2. The number of nitrogens with zero attached hydrogens (tertiary/aromatic N) is 2. The molecule has 8 heteroatoms. The average Bonchev–Trinajstić information content (AvgIpc) is 2.84. The lowest BCUT2D eigenvalue weighted by atomic mass is 9.96. The number of hydrogen-bond donors (Lipinski definition) is 0. The van der Waals surface area contributed by atoms with Gasteiger partial charge < -0.3 is 14.4 Å². The predicted octanol–water partition coefficient (Wildman–Crippen LogP) is 3.01. The lowest BCUT2D eigenvalue weighted by Crippen LogP contribution is -2.45. The van der Waals surface area contributed by atoms with Crippen molar-refractivity contribution >= 4 is 11.7 Å². The molecule has 1 aromatic heterocycles. The third kappa shape index (κ3) is 4.37. The quantitative estimate of drug-likeness (QED) is 0.426. The number of Topliss-reactive ketones (excluding diaryl/α,β-unsaturated/α-hetero) is 1. The molecule has 33 heavy (non-hydrogen) atoms. The summed E-state index contributed by atoms with van der Waals surface area (Å²) < 4.78 is 25.2. The van der Waals surface area contributed by atoms with Crippen LogP contribution >= 0.6 is 0 Å². The number of ether oxygens (including phenoxy) is 2. The van der Waals surface area contributed by atoms with Gasteiger partial charge in [0.25, 0.3) is 11.5 Å². The highest BCUT2D eigenvalue weighted by molar-refractivity contribution is 6.11. The maximum Gasteiger partial charge on any atom is 0.254 e. The second-order valence-electron chi connectivity index (χ2n) is 7.71. The molecule has 1 unspecified atom stereocenters. The molecule has 0 spiro atoms. The van der Waals surface area contributed by atoms with Crippen LogP contribution in [-0.2, 0) is 17.8 Å². The zero-order chi connectivity index (χ0) is 23.5. The number of ketones is 1. The van der Waals surface area contributed by atoms with Gasteiger partial charge in [0.1, 0.15) is 5.82 Å². The van der Waals surface area contributed by atoms with E-state index in [9.17, 15) is 18.8 Å². The van der Waals surface area contributed by atoms with Gasteiger partial charge in [-0.2, -0.15) is 0 Å². The molecule has 0 aliphatic carbocycles. The highest BCUT2D eigenvalue weighted by Gasteiger charge is 2.35. The number of hydrogen-bond acceptors (Lipinski definition) is 5. The zero-order valence-corrected chi connectivity index (χ0v) is 18.3. The number of amides is 1. The molecule has 2 heterocycles. The number of rotatable bonds is 6. The van der Waals surface area contributed by atoms with Crippen LogP contribution in [0.15, 0.2) is 65.6 Å². The summed E-state index contributed by atoms with van der Waals surface area (Å²) in [5, 5.41) is 0. The fourth-order valence-electron chi connectivity index (χ4n) is 4.03. The number of methoxy groups -OCH3 is 2. The summed E-state index contributed by atoms with van der Waals surface area (Å²) >= 11 is 0. The number of fused-ring (bicyclic) bond motifs is 1. The first-order valence-corrected chi connectivity index (χ1v) is 10.4. The van der Waals surface area contributed by atoms with Gasteiger partial charge >= 0.3 is 0 Å². The van der Waals surface area contributed by atoms with E-state index in [1.165, 1.54) is 31.5 Å². The highest BCUT2D eigenvalue weighted by Crippen LogP contribution is 2.34. The van der Waals surface area contributed by atoms with Gasteiger partial charge in [-0.05, 0) is 60.0 Å². The number of aromatic nitrogens is 1. The Morgan fingerprint density at radius 3 is 2.27 bits per heavy atom.